The van der Waals surface area contributed by atoms with Crippen LogP contribution in [0.1, 0.15) is 35.8 Å². The Morgan fingerprint density at radius 3 is 1.87 bits per heavy atom. The molecule has 0 bridgehead atoms. The van der Waals surface area contributed by atoms with Crippen LogP contribution >= 0.6 is 0 Å². The number of benzene rings is 4. The quantitative estimate of drug-likeness (QED) is 0.131. The molecule has 0 amide bonds. The van der Waals surface area contributed by atoms with Crippen molar-refractivity contribution in [2.75, 3.05) is 13.2 Å². The van der Waals surface area contributed by atoms with Crippen LogP contribution < -0.4 is 4.74 Å². The lowest BCUT2D eigenvalue weighted by atomic mass is 9.97. The lowest BCUT2D eigenvalue weighted by Crippen LogP contribution is -2.27. The molecule has 4 aromatic carbocycles. The van der Waals surface area contributed by atoms with E-state index < -0.39 is 75.7 Å². The summed E-state index contributed by atoms with van der Waals surface area (Å²) in [5.41, 5.74) is -4.17. The van der Waals surface area contributed by atoms with E-state index in [9.17, 15) is 35.1 Å². The second-order valence-electron chi connectivity index (χ2n) is 10.7. The highest BCUT2D eigenvalue weighted by Gasteiger charge is 2.42. The third-order valence-corrected chi connectivity index (χ3v) is 7.43. The lowest BCUT2D eigenvalue weighted by Gasteiger charge is -2.29. The van der Waals surface area contributed by atoms with Crippen molar-refractivity contribution in [1.29, 1.82) is 0 Å². The minimum Gasteiger partial charge on any atom is -0.429 e. The highest BCUT2D eigenvalue weighted by atomic mass is 19.4. The first-order valence-electron chi connectivity index (χ1n) is 14.0. The summed E-state index contributed by atoms with van der Waals surface area (Å²) < 4.78 is 157. The van der Waals surface area contributed by atoms with Gasteiger partial charge in [-0.15, -0.1) is 6.58 Å². The van der Waals surface area contributed by atoms with E-state index >= 15 is 8.78 Å². The predicted molar refractivity (Wildman–Crippen MR) is 151 cm³/mol. The van der Waals surface area contributed by atoms with Crippen molar-refractivity contribution >= 4 is 0 Å². The van der Waals surface area contributed by atoms with Crippen LogP contribution in [0.2, 0.25) is 0 Å². The van der Waals surface area contributed by atoms with E-state index in [1.165, 1.54) is 18.2 Å². The van der Waals surface area contributed by atoms with Crippen LogP contribution in [0.25, 0.3) is 22.3 Å². The van der Waals surface area contributed by atoms with Gasteiger partial charge in [-0.2, -0.15) is 22.0 Å². The number of ether oxygens (including phenoxy) is 3. The average molecular weight is 671 g/mol. The summed E-state index contributed by atoms with van der Waals surface area (Å²) in [5, 5.41) is 0. The van der Waals surface area contributed by atoms with Gasteiger partial charge in [-0.1, -0.05) is 30.3 Å². The van der Waals surface area contributed by atoms with Crippen LogP contribution in [0.3, 0.4) is 0 Å². The monoisotopic (exact) mass is 670 g/mol. The molecule has 0 aliphatic carbocycles. The number of alkyl halides is 5. The number of allylic oxidation sites excluding steroid dienone is 1. The number of halogens is 10. The van der Waals surface area contributed by atoms with Gasteiger partial charge in [0.05, 0.1) is 18.8 Å². The summed E-state index contributed by atoms with van der Waals surface area (Å²) in [7, 11) is 0. The molecule has 47 heavy (non-hydrogen) atoms. The molecule has 1 fully saturated rings. The first kappa shape index (κ1) is 34.0. The zero-order valence-corrected chi connectivity index (χ0v) is 24.1. The van der Waals surface area contributed by atoms with Gasteiger partial charge in [0.15, 0.2) is 6.29 Å². The highest BCUT2D eigenvalue weighted by molar-refractivity contribution is 5.72. The van der Waals surface area contributed by atoms with Crippen LogP contribution in [0.4, 0.5) is 43.9 Å². The maximum absolute atomic E-state index is 15.2. The van der Waals surface area contributed by atoms with E-state index in [1.54, 1.807) is 12.1 Å². The second-order valence-corrected chi connectivity index (χ2v) is 10.7. The van der Waals surface area contributed by atoms with E-state index in [0.29, 0.717) is 37.0 Å². The zero-order valence-electron chi connectivity index (χ0n) is 24.1. The van der Waals surface area contributed by atoms with E-state index in [4.69, 9.17) is 9.47 Å². The van der Waals surface area contributed by atoms with Crippen LogP contribution in [-0.2, 0) is 21.8 Å². The Morgan fingerprint density at radius 2 is 1.30 bits per heavy atom. The topological polar surface area (TPSA) is 27.7 Å². The maximum atomic E-state index is 15.2. The van der Waals surface area contributed by atoms with Gasteiger partial charge in [0.1, 0.15) is 40.4 Å². The third kappa shape index (κ3) is 7.46. The Kier molecular flexibility index (Phi) is 9.69. The molecule has 5 rings (SSSR count). The molecule has 1 aliphatic heterocycles. The van der Waals surface area contributed by atoms with Crippen LogP contribution in [0, 0.1) is 35.0 Å². The van der Waals surface area contributed by atoms with Crippen molar-refractivity contribution < 1.29 is 58.1 Å². The molecule has 0 saturated carbocycles. The number of rotatable bonds is 9. The normalized spacial score (nSPS) is 17.1. The molecule has 0 radical (unpaired) electrons. The molecule has 0 atom stereocenters. The third-order valence-electron chi connectivity index (χ3n) is 7.43. The van der Waals surface area contributed by atoms with Crippen molar-refractivity contribution in [1.82, 2.24) is 0 Å². The molecular weight excluding hydrogens is 646 g/mol. The van der Waals surface area contributed by atoms with Crippen molar-refractivity contribution in [3.05, 3.63) is 125 Å². The summed E-state index contributed by atoms with van der Waals surface area (Å²) in [6, 6.07) is 8.60. The molecule has 0 spiro atoms. The minimum absolute atomic E-state index is 0.00732. The summed E-state index contributed by atoms with van der Waals surface area (Å²) in [6.45, 7) is 4.51. The summed E-state index contributed by atoms with van der Waals surface area (Å²) in [5.74, 6) is -8.48. The largest absolute Gasteiger partial charge is 0.432 e. The van der Waals surface area contributed by atoms with E-state index in [1.807, 2.05) is 0 Å². The molecule has 4 aromatic rings. The van der Waals surface area contributed by atoms with E-state index in [0.717, 1.165) is 25.0 Å². The fourth-order valence-electron chi connectivity index (χ4n) is 5.08. The molecule has 13 heteroatoms. The Hall–Kier alpha value is -4.36. The number of hydrogen-bond acceptors (Lipinski definition) is 3. The standard InChI is InChI=1S/C34H24F10O3/c1-2-3-4-18-16-45-32(46-17-18)20-6-9-23(27(36)12-20)19-5-8-24(26(35)11-19)21-13-29(38)31(30(39)14-21)34(43,44)47-22-7-10-25(28(37)15-22)33(40,41)42/h2,5-15,18,32H,1,3-4,16-17H2. The van der Waals surface area contributed by atoms with Gasteiger partial charge in [0.25, 0.3) is 0 Å². The van der Waals surface area contributed by atoms with Gasteiger partial charge in [-0.25, -0.2) is 22.0 Å². The van der Waals surface area contributed by atoms with E-state index in [2.05, 4.69) is 11.3 Å². The zero-order chi connectivity index (χ0) is 34.1. The van der Waals surface area contributed by atoms with Gasteiger partial charge in [0.2, 0.25) is 0 Å². The van der Waals surface area contributed by atoms with Crippen molar-refractivity contribution in [3.63, 3.8) is 0 Å². The smallest absolute Gasteiger partial charge is 0.429 e. The highest BCUT2D eigenvalue weighted by Crippen LogP contribution is 2.40. The van der Waals surface area contributed by atoms with Crippen LogP contribution in [-0.4, -0.2) is 13.2 Å². The Morgan fingerprint density at radius 1 is 0.702 bits per heavy atom. The van der Waals surface area contributed by atoms with Gasteiger partial charge < -0.3 is 14.2 Å². The predicted octanol–water partition coefficient (Wildman–Crippen LogP) is 10.5. The molecule has 248 valence electrons. The Labute approximate surface area is 262 Å². The second kappa shape index (κ2) is 13.4. The SMILES string of the molecule is C=CCCC1COC(c2ccc(-c3ccc(-c4cc(F)c(C(F)(F)Oc5ccc(C(F)(F)F)c(F)c5)c(F)c4)c(F)c3)c(F)c2)OC1. The Balaban J connectivity index is 1.34. The number of hydrogen-bond donors (Lipinski definition) is 0. The molecule has 0 N–H and O–H groups in total. The molecule has 0 unspecified atom stereocenters. The first-order valence-corrected chi connectivity index (χ1v) is 14.0. The molecule has 1 heterocycles. The summed E-state index contributed by atoms with van der Waals surface area (Å²) in [6.07, 6.45) is -7.29. The van der Waals surface area contributed by atoms with Crippen molar-refractivity contribution in [3.8, 4) is 28.0 Å². The van der Waals surface area contributed by atoms with E-state index in [-0.39, 0.29) is 29.2 Å². The van der Waals surface area contributed by atoms with Crippen molar-refractivity contribution in [2.24, 2.45) is 5.92 Å². The fraction of sp³-hybridized carbons (Fsp3) is 0.235. The van der Waals surface area contributed by atoms with Gasteiger partial charge in [-0.3, -0.25) is 0 Å². The maximum Gasteiger partial charge on any atom is 0.432 e. The molecule has 0 aromatic heterocycles. The minimum atomic E-state index is -5.12. The molecular formula is C34H24F10O3. The molecule has 3 nitrogen and oxygen atoms in total. The Bertz CT molecular complexity index is 1760. The lowest BCUT2D eigenvalue weighted by molar-refractivity contribution is -0.205. The van der Waals surface area contributed by atoms with Crippen LogP contribution in [0.15, 0.2) is 79.4 Å². The summed E-state index contributed by atoms with van der Waals surface area (Å²) in [4.78, 5) is 0. The molecule has 1 aliphatic rings. The van der Waals surface area contributed by atoms with Gasteiger partial charge in [-0.05, 0) is 60.4 Å². The van der Waals surface area contributed by atoms with Gasteiger partial charge in [0, 0.05) is 28.7 Å². The van der Waals surface area contributed by atoms with Crippen molar-refractivity contribution in [2.45, 2.75) is 31.4 Å². The average Bonchev–Trinajstić information content (AvgIpc) is 2.98. The summed E-state index contributed by atoms with van der Waals surface area (Å²) >= 11 is 0. The molecule has 1 saturated heterocycles. The van der Waals surface area contributed by atoms with Crippen LogP contribution in [0.5, 0.6) is 5.75 Å². The first-order chi connectivity index (χ1) is 22.2. The fourth-order valence-corrected chi connectivity index (χ4v) is 5.08. The van der Waals surface area contributed by atoms with Gasteiger partial charge >= 0.3 is 12.3 Å².